The van der Waals surface area contributed by atoms with Crippen LogP contribution in [0.2, 0.25) is 0 Å². The number of ketones is 1. The van der Waals surface area contributed by atoms with Gasteiger partial charge in [0, 0.05) is 5.57 Å². The predicted octanol–water partition coefficient (Wildman–Crippen LogP) is 5.45. The van der Waals surface area contributed by atoms with Gasteiger partial charge in [-0.25, -0.2) is 4.79 Å². The van der Waals surface area contributed by atoms with Gasteiger partial charge in [0.1, 0.15) is 0 Å². The SMILES string of the molecule is C=CC(=O)C=C(CCCCCCCCCCCCC)C(=O)O. The second-order valence-corrected chi connectivity index (χ2v) is 5.87. The number of rotatable bonds is 15. The molecule has 0 rings (SSSR count). The van der Waals surface area contributed by atoms with Crippen LogP contribution >= 0.6 is 0 Å². The third-order valence-electron chi connectivity index (χ3n) is 3.84. The molecular weight excluding hydrogens is 276 g/mol. The maximum Gasteiger partial charge on any atom is 0.331 e. The normalized spacial score (nSPS) is 11.4. The molecule has 126 valence electrons. The van der Waals surface area contributed by atoms with Gasteiger partial charge in [0.15, 0.2) is 5.78 Å². The van der Waals surface area contributed by atoms with Crippen molar-refractivity contribution >= 4 is 11.8 Å². The molecule has 3 nitrogen and oxygen atoms in total. The third-order valence-corrected chi connectivity index (χ3v) is 3.84. The molecule has 0 heterocycles. The zero-order valence-corrected chi connectivity index (χ0v) is 14.1. The van der Waals surface area contributed by atoms with Crippen LogP contribution in [0, 0.1) is 0 Å². The van der Waals surface area contributed by atoms with Crippen molar-refractivity contribution in [1.29, 1.82) is 0 Å². The average Bonchev–Trinajstić information content (AvgIpc) is 2.50. The smallest absolute Gasteiger partial charge is 0.331 e. The summed E-state index contributed by atoms with van der Waals surface area (Å²) in [7, 11) is 0. The lowest BCUT2D eigenvalue weighted by atomic mass is 10.0. The molecule has 0 amide bonds. The van der Waals surface area contributed by atoms with Crippen LogP contribution in [0.15, 0.2) is 24.3 Å². The first kappa shape index (κ1) is 20.6. The summed E-state index contributed by atoms with van der Waals surface area (Å²) in [6.45, 7) is 5.58. The maximum atomic E-state index is 11.2. The van der Waals surface area contributed by atoms with Gasteiger partial charge in [-0.2, -0.15) is 0 Å². The molecule has 0 aromatic carbocycles. The fourth-order valence-corrected chi connectivity index (χ4v) is 2.45. The highest BCUT2D eigenvalue weighted by atomic mass is 16.4. The Labute approximate surface area is 135 Å². The Balaban J connectivity index is 3.58. The molecule has 0 aliphatic heterocycles. The van der Waals surface area contributed by atoms with Gasteiger partial charge in [0.2, 0.25) is 0 Å². The summed E-state index contributed by atoms with van der Waals surface area (Å²) in [5.41, 5.74) is 0.195. The summed E-state index contributed by atoms with van der Waals surface area (Å²) in [4.78, 5) is 22.2. The Kier molecular flexibility index (Phi) is 13.6. The molecule has 0 aliphatic carbocycles. The number of carboxylic acid groups (broad SMARTS) is 1. The minimum absolute atomic E-state index is 0.195. The van der Waals surface area contributed by atoms with E-state index in [0.29, 0.717) is 6.42 Å². The lowest BCUT2D eigenvalue weighted by Gasteiger charge is -2.03. The Morgan fingerprint density at radius 1 is 0.864 bits per heavy atom. The Hall–Kier alpha value is -1.38. The number of unbranched alkanes of at least 4 members (excludes halogenated alkanes) is 10. The summed E-state index contributed by atoms with van der Waals surface area (Å²) in [6, 6.07) is 0. The standard InChI is InChI=1S/C19H32O3/c1-3-5-6-7-8-9-10-11-12-13-14-15-17(19(21)22)16-18(20)4-2/h4,16H,2-3,5-15H2,1H3,(H,21,22). The average molecular weight is 308 g/mol. The topological polar surface area (TPSA) is 54.4 Å². The molecule has 0 aromatic rings. The van der Waals surface area contributed by atoms with Gasteiger partial charge in [-0.1, -0.05) is 77.7 Å². The quantitative estimate of drug-likeness (QED) is 0.323. The van der Waals surface area contributed by atoms with E-state index in [1.165, 1.54) is 57.4 Å². The van der Waals surface area contributed by atoms with E-state index in [1.807, 2.05) is 0 Å². The fraction of sp³-hybridized carbons (Fsp3) is 0.684. The molecule has 3 heteroatoms. The summed E-state index contributed by atoms with van der Waals surface area (Å²) >= 11 is 0. The van der Waals surface area contributed by atoms with Gasteiger partial charge in [-0.05, 0) is 25.0 Å². The van der Waals surface area contributed by atoms with Gasteiger partial charge >= 0.3 is 5.97 Å². The van der Waals surface area contributed by atoms with Crippen LogP contribution in [0.5, 0.6) is 0 Å². The molecule has 0 unspecified atom stereocenters. The van der Waals surface area contributed by atoms with E-state index in [1.54, 1.807) is 0 Å². The number of allylic oxidation sites excluding steroid dienone is 2. The second-order valence-electron chi connectivity index (χ2n) is 5.87. The molecule has 0 aromatic heterocycles. The lowest BCUT2D eigenvalue weighted by Crippen LogP contribution is -2.03. The zero-order chi connectivity index (χ0) is 16.6. The van der Waals surface area contributed by atoms with Crippen LogP contribution < -0.4 is 0 Å². The zero-order valence-electron chi connectivity index (χ0n) is 14.1. The van der Waals surface area contributed by atoms with E-state index in [9.17, 15) is 9.59 Å². The molecule has 0 radical (unpaired) electrons. The first-order valence-electron chi connectivity index (χ1n) is 8.72. The molecule has 0 saturated heterocycles. The van der Waals surface area contributed by atoms with Crippen molar-refractivity contribution in [2.24, 2.45) is 0 Å². The van der Waals surface area contributed by atoms with Gasteiger partial charge in [-0.15, -0.1) is 0 Å². The Morgan fingerprint density at radius 2 is 1.32 bits per heavy atom. The van der Waals surface area contributed by atoms with Gasteiger partial charge < -0.3 is 5.11 Å². The van der Waals surface area contributed by atoms with Crippen molar-refractivity contribution in [1.82, 2.24) is 0 Å². The largest absolute Gasteiger partial charge is 0.478 e. The molecule has 0 spiro atoms. The number of carboxylic acids is 1. The summed E-state index contributed by atoms with van der Waals surface area (Å²) in [5, 5.41) is 9.02. The van der Waals surface area contributed by atoms with Crippen molar-refractivity contribution in [2.45, 2.75) is 84.0 Å². The van der Waals surface area contributed by atoms with Crippen molar-refractivity contribution in [3.05, 3.63) is 24.3 Å². The number of aliphatic carboxylic acids is 1. The Morgan fingerprint density at radius 3 is 1.73 bits per heavy atom. The fourth-order valence-electron chi connectivity index (χ4n) is 2.45. The van der Waals surface area contributed by atoms with Crippen LogP contribution in [-0.4, -0.2) is 16.9 Å². The van der Waals surface area contributed by atoms with Crippen molar-refractivity contribution < 1.29 is 14.7 Å². The van der Waals surface area contributed by atoms with Crippen LogP contribution in [0.4, 0.5) is 0 Å². The van der Waals surface area contributed by atoms with E-state index < -0.39 is 5.97 Å². The van der Waals surface area contributed by atoms with E-state index in [4.69, 9.17) is 5.11 Å². The molecule has 0 saturated carbocycles. The monoisotopic (exact) mass is 308 g/mol. The van der Waals surface area contributed by atoms with Gasteiger partial charge in [0.25, 0.3) is 0 Å². The van der Waals surface area contributed by atoms with Crippen LogP contribution in [0.1, 0.15) is 84.0 Å². The number of carbonyl (C=O) groups is 2. The highest BCUT2D eigenvalue weighted by Crippen LogP contribution is 2.14. The molecule has 22 heavy (non-hydrogen) atoms. The summed E-state index contributed by atoms with van der Waals surface area (Å²) < 4.78 is 0. The van der Waals surface area contributed by atoms with E-state index in [0.717, 1.165) is 25.3 Å². The highest BCUT2D eigenvalue weighted by Gasteiger charge is 2.08. The number of hydrogen-bond donors (Lipinski definition) is 1. The van der Waals surface area contributed by atoms with Gasteiger partial charge in [0.05, 0.1) is 0 Å². The van der Waals surface area contributed by atoms with Crippen LogP contribution in [0.25, 0.3) is 0 Å². The van der Waals surface area contributed by atoms with E-state index in [2.05, 4.69) is 13.5 Å². The first-order valence-corrected chi connectivity index (χ1v) is 8.72. The minimum Gasteiger partial charge on any atom is -0.478 e. The lowest BCUT2D eigenvalue weighted by molar-refractivity contribution is -0.133. The van der Waals surface area contributed by atoms with Gasteiger partial charge in [-0.3, -0.25) is 4.79 Å². The molecular formula is C19H32O3. The van der Waals surface area contributed by atoms with Crippen molar-refractivity contribution in [3.8, 4) is 0 Å². The third kappa shape index (κ3) is 12.4. The Bertz CT molecular complexity index is 356. The summed E-state index contributed by atoms with van der Waals surface area (Å²) in [6.07, 6.45) is 16.3. The molecule has 0 atom stereocenters. The maximum absolute atomic E-state index is 11.2. The molecule has 1 N–H and O–H groups in total. The van der Waals surface area contributed by atoms with Crippen LogP contribution in [-0.2, 0) is 9.59 Å². The van der Waals surface area contributed by atoms with Crippen molar-refractivity contribution in [3.63, 3.8) is 0 Å². The highest BCUT2D eigenvalue weighted by molar-refractivity contribution is 6.04. The molecule has 0 fully saturated rings. The second kappa shape index (κ2) is 14.6. The van der Waals surface area contributed by atoms with Crippen molar-refractivity contribution in [2.75, 3.05) is 0 Å². The number of carbonyl (C=O) groups excluding carboxylic acids is 1. The number of hydrogen-bond acceptors (Lipinski definition) is 2. The predicted molar refractivity (Wildman–Crippen MR) is 92.0 cm³/mol. The van der Waals surface area contributed by atoms with E-state index >= 15 is 0 Å². The first-order chi connectivity index (χ1) is 10.6. The molecule has 0 aliphatic rings. The van der Waals surface area contributed by atoms with Crippen LogP contribution in [0.3, 0.4) is 0 Å². The molecule has 0 bridgehead atoms. The summed E-state index contributed by atoms with van der Waals surface area (Å²) in [5.74, 6) is -1.33. The van der Waals surface area contributed by atoms with E-state index in [-0.39, 0.29) is 11.4 Å². The minimum atomic E-state index is -0.998.